The minimum Gasteiger partial charge on any atom is -0.356 e. The number of hydrogen-bond donors (Lipinski definition) is 4. The van der Waals surface area contributed by atoms with Crippen molar-refractivity contribution in [2.45, 2.75) is 65.5 Å². The lowest BCUT2D eigenvalue weighted by Gasteiger charge is -2.28. The Labute approximate surface area is 163 Å². The summed E-state index contributed by atoms with van der Waals surface area (Å²) in [5.41, 5.74) is 2.35. The minimum atomic E-state index is -0.183. The average Bonchev–Trinajstić information content (AvgIpc) is 3.12. The largest absolute Gasteiger partial charge is 0.356 e. The Morgan fingerprint density at radius 3 is 2.37 bits per heavy atom. The van der Waals surface area contributed by atoms with E-state index < -0.39 is 0 Å². The topological polar surface area (TPSA) is 77.6 Å². The summed E-state index contributed by atoms with van der Waals surface area (Å²) in [4.78, 5) is 16.1. The molecule has 2 rings (SSSR count). The van der Waals surface area contributed by atoms with Crippen LogP contribution in [0, 0.1) is 5.41 Å². The van der Waals surface area contributed by atoms with Crippen molar-refractivity contribution in [3.63, 3.8) is 0 Å². The number of rotatable bonds is 7. The molecule has 0 unspecified atom stereocenters. The van der Waals surface area contributed by atoms with E-state index in [-0.39, 0.29) is 12.1 Å². The first-order valence-electron chi connectivity index (χ1n) is 10.1. The summed E-state index contributed by atoms with van der Waals surface area (Å²) >= 11 is 0. The number of hydrogen-bond acceptors (Lipinski definition) is 2. The van der Waals surface area contributed by atoms with E-state index >= 15 is 0 Å². The summed E-state index contributed by atoms with van der Waals surface area (Å²) in [6, 6.07) is 7.78. The van der Waals surface area contributed by atoms with Crippen LogP contribution in [0.3, 0.4) is 0 Å². The van der Waals surface area contributed by atoms with E-state index in [0.717, 1.165) is 23.8 Å². The third-order valence-electron chi connectivity index (χ3n) is 5.36. The quantitative estimate of drug-likeness (QED) is 0.433. The first-order chi connectivity index (χ1) is 13.0. The summed E-state index contributed by atoms with van der Waals surface area (Å²) < 4.78 is 0. The summed E-state index contributed by atoms with van der Waals surface area (Å²) in [6.07, 6.45) is 6.53. The molecule has 0 aliphatic heterocycles. The molecule has 27 heavy (non-hydrogen) atoms. The lowest BCUT2D eigenvalue weighted by molar-refractivity contribution is 0.250. The van der Waals surface area contributed by atoms with Crippen LogP contribution in [0.1, 0.15) is 58.4 Å². The van der Waals surface area contributed by atoms with Gasteiger partial charge in [0.2, 0.25) is 0 Å². The second-order valence-electron chi connectivity index (χ2n) is 7.79. The van der Waals surface area contributed by atoms with E-state index in [1.165, 1.54) is 32.1 Å². The molecule has 0 radical (unpaired) electrons. The van der Waals surface area contributed by atoms with Gasteiger partial charge in [0.1, 0.15) is 0 Å². The summed E-state index contributed by atoms with van der Waals surface area (Å²) in [5.74, 6) is 0.841. The Morgan fingerprint density at radius 2 is 1.81 bits per heavy atom. The molecular weight excluding hydrogens is 338 g/mol. The lowest BCUT2D eigenvalue weighted by Crippen LogP contribution is -2.42. The number of anilines is 1. The first kappa shape index (κ1) is 21.1. The SMILES string of the molecule is CCC1(CNC(=NC)NCc2ccc(NC(=O)NC(C)C)cc2)CCCC1. The highest BCUT2D eigenvalue weighted by atomic mass is 16.2. The van der Waals surface area contributed by atoms with Crippen LogP contribution in [0.4, 0.5) is 10.5 Å². The lowest BCUT2D eigenvalue weighted by atomic mass is 9.83. The number of benzene rings is 1. The number of nitrogens with one attached hydrogen (secondary N) is 4. The van der Waals surface area contributed by atoms with Crippen molar-refractivity contribution in [2.24, 2.45) is 10.4 Å². The molecule has 0 atom stereocenters. The van der Waals surface area contributed by atoms with E-state index in [1.54, 1.807) is 0 Å². The van der Waals surface area contributed by atoms with Crippen LogP contribution in [0.2, 0.25) is 0 Å². The number of guanidine groups is 1. The number of urea groups is 1. The van der Waals surface area contributed by atoms with Crippen LogP contribution < -0.4 is 21.3 Å². The molecule has 150 valence electrons. The number of nitrogens with zero attached hydrogens (tertiary/aromatic N) is 1. The monoisotopic (exact) mass is 373 g/mol. The highest BCUT2D eigenvalue weighted by Crippen LogP contribution is 2.40. The second-order valence-corrected chi connectivity index (χ2v) is 7.79. The van der Waals surface area contributed by atoms with Crippen LogP contribution in [0.5, 0.6) is 0 Å². The Balaban J connectivity index is 1.79. The maximum atomic E-state index is 11.7. The fourth-order valence-corrected chi connectivity index (χ4v) is 3.59. The van der Waals surface area contributed by atoms with Gasteiger partial charge < -0.3 is 21.3 Å². The van der Waals surface area contributed by atoms with Gasteiger partial charge in [-0.25, -0.2) is 4.79 Å². The van der Waals surface area contributed by atoms with Gasteiger partial charge >= 0.3 is 6.03 Å². The smallest absolute Gasteiger partial charge is 0.319 e. The van der Waals surface area contributed by atoms with Crippen LogP contribution in [-0.2, 0) is 6.54 Å². The fraction of sp³-hybridized carbons (Fsp3) is 0.619. The zero-order valence-electron chi connectivity index (χ0n) is 17.2. The van der Waals surface area contributed by atoms with Gasteiger partial charge in [0.25, 0.3) is 0 Å². The Hall–Kier alpha value is -2.24. The average molecular weight is 374 g/mol. The molecule has 0 heterocycles. The third kappa shape index (κ3) is 6.77. The van der Waals surface area contributed by atoms with Gasteiger partial charge in [-0.2, -0.15) is 0 Å². The summed E-state index contributed by atoms with van der Waals surface area (Å²) in [5, 5.41) is 12.5. The predicted octanol–water partition coefficient (Wildman–Crippen LogP) is 3.85. The molecule has 2 amide bonds. The highest BCUT2D eigenvalue weighted by molar-refractivity contribution is 5.89. The van der Waals surface area contributed by atoms with Gasteiger partial charge in [-0.1, -0.05) is 31.9 Å². The van der Waals surface area contributed by atoms with Crippen molar-refractivity contribution in [3.05, 3.63) is 29.8 Å². The van der Waals surface area contributed by atoms with E-state index in [4.69, 9.17) is 0 Å². The standard InChI is InChI=1S/C21H35N5O/c1-5-21(12-6-7-13-21)15-24-19(22-4)23-14-17-8-10-18(11-9-17)26-20(27)25-16(2)3/h8-11,16H,5-7,12-15H2,1-4H3,(H2,22,23,24)(H2,25,26,27). The molecule has 4 N–H and O–H groups in total. The van der Waals surface area contributed by atoms with Gasteiger partial charge in [-0.05, 0) is 56.2 Å². The molecule has 1 saturated carbocycles. The molecule has 0 aromatic heterocycles. The number of amides is 2. The number of carbonyl (C=O) groups excluding carboxylic acids is 1. The Morgan fingerprint density at radius 1 is 1.15 bits per heavy atom. The Bertz CT molecular complexity index is 618. The number of carbonyl (C=O) groups is 1. The molecule has 0 spiro atoms. The third-order valence-corrected chi connectivity index (χ3v) is 5.36. The molecule has 0 bridgehead atoms. The van der Waals surface area contributed by atoms with Gasteiger partial charge in [0.05, 0.1) is 0 Å². The fourth-order valence-electron chi connectivity index (χ4n) is 3.59. The van der Waals surface area contributed by atoms with Crippen molar-refractivity contribution < 1.29 is 4.79 Å². The molecule has 0 saturated heterocycles. The Kier molecular flexibility index (Phi) is 7.95. The van der Waals surface area contributed by atoms with Gasteiger partial charge in [-0.15, -0.1) is 0 Å². The highest BCUT2D eigenvalue weighted by Gasteiger charge is 2.31. The van der Waals surface area contributed by atoms with Crippen molar-refractivity contribution in [3.8, 4) is 0 Å². The van der Waals surface area contributed by atoms with Gasteiger partial charge in [0.15, 0.2) is 5.96 Å². The zero-order chi connectivity index (χ0) is 19.7. The molecule has 1 fully saturated rings. The molecular formula is C21H35N5O. The van der Waals surface area contributed by atoms with Crippen LogP contribution >= 0.6 is 0 Å². The van der Waals surface area contributed by atoms with Crippen LogP contribution in [0.15, 0.2) is 29.3 Å². The van der Waals surface area contributed by atoms with Crippen molar-refractivity contribution in [2.75, 3.05) is 18.9 Å². The van der Waals surface area contributed by atoms with E-state index in [9.17, 15) is 4.79 Å². The zero-order valence-corrected chi connectivity index (χ0v) is 17.2. The minimum absolute atomic E-state index is 0.115. The molecule has 1 aromatic rings. The molecule has 1 aromatic carbocycles. The summed E-state index contributed by atoms with van der Waals surface area (Å²) in [7, 11) is 1.81. The maximum absolute atomic E-state index is 11.7. The van der Waals surface area contributed by atoms with Crippen LogP contribution in [0.25, 0.3) is 0 Å². The predicted molar refractivity (Wildman–Crippen MR) is 113 cm³/mol. The van der Waals surface area contributed by atoms with E-state index in [2.05, 4.69) is 33.2 Å². The first-order valence-corrected chi connectivity index (χ1v) is 10.1. The molecule has 1 aliphatic rings. The second kappa shape index (κ2) is 10.2. The molecule has 1 aliphatic carbocycles. The van der Waals surface area contributed by atoms with Crippen LogP contribution in [-0.4, -0.2) is 31.6 Å². The van der Waals surface area contributed by atoms with Crippen molar-refractivity contribution >= 4 is 17.7 Å². The van der Waals surface area contributed by atoms with Crippen molar-refractivity contribution in [1.82, 2.24) is 16.0 Å². The van der Waals surface area contributed by atoms with Gasteiger partial charge in [0, 0.05) is 31.9 Å². The van der Waals surface area contributed by atoms with Gasteiger partial charge in [-0.3, -0.25) is 4.99 Å². The maximum Gasteiger partial charge on any atom is 0.319 e. The summed E-state index contributed by atoms with van der Waals surface area (Å²) in [6.45, 7) is 7.84. The van der Waals surface area contributed by atoms with E-state index in [1.807, 2.05) is 45.2 Å². The molecule has 6 heteroatoms. The van der Waals surface area contributed by atoms with E-state index in [0.29, 0.717) is 12.0 Å². The molecule has 6 nitrogen and oxygen atoms in total. The van der Waals surface area contributed by atoms with Crippen molar-refractivity contribution in [1.29, 1.82) is 0 Å². The normalized spacial score (nSPS) is 16.3. The number of aliphatic imine (C=N–C) groups is 1.